The monoisotopic (exact) mass is 391 g/mol. The number of pyridine rings is 1. The van der Waals surface area contributed by atoms with Gasteiger partial charge in [-0.05, 0) is 18.2 Å². The van der Waals surface area contributed by atoms with Crippen LogP contribution < -0.4 is 11.1 Å². The molecule has 0 atom stereocenters. The summed E-state index contributed by atoms with van der Waals surface area (Å²) < 4.78 is 6.70. The Labute approximate surface area is 166 Å². The molecule has 3 aromatic heterocycles. The zero-order chi connectivity index (χ0) is 20.4. The highest BCUT2D eigenvalue weighted by Gasteiger charge is 2.16. The quantitative estimate of drug-likeness (QED) is 0.432. The molecule has 9 nitrogen and oxygen atoms in total. The van der Waals surface area contributed by atoms with Crippen LogP contribution in [0.5, 0.6) is 0 Å². The summed E-state index contributed by atoms with van der Waals surface area (Å²) in [7, 11) is 3.44. The molecular formula is C20H21N7O2. The number of nitrogens with zero attached hydrogens (tertiary/aromatic N) is 4. The second-order valence-corrected chi connectivity index (χ2v) is 6.60. The maximum absolute atomic E-state index is 12.5. The Morgan fingerprint density at radius 2 is 2.17 bits per heavy atom. The number of carbonyl (C=O) groups excluding carboxylic acids is 1. The normalized spacial score (nSPS) is 11.1. The summed E-state index contributed by atoms with van der Waals surface area (Å²) in [5, 5.41) is 7.02. The van der Waals surface area contributed by atoms with Crippen LogP contribution in [-0.4, -0.2) is 50.9 Å². The highest BCUT2D eigenvalue weighted by molar-refractivity contribution is 6.05. The number of aryl methyl sites for hydroxylation is 1. The van der Waals surface area contributed by atoms with E-state index in [1.54, 1.807) is 30.3 Å². The molecule has 0 spiro atoms. The standard InChI is InChI=1S/C20H21N7O2/c1-27-11-13(10-24-27)12-8-15(18(21)23-9-12)19-25-16-5-3-4-14(17(16)26-19)20(28)22-6-7-29-2/h3-5,8-11H,6-7H2,1-2H3,(H2,21,23)(H,22,28)(H,25,26). The van der Waals surface area contributed by atoms with Crippen molar-refractivity contribution in [2.45, 2.75) is 0 Å². The molecule has 1 aromatic carbocycles. The molecule has 0 saturated carbocycles. The fraction of sp³-hybridized carbons (Fsp3) is 0.200. The molecule has 4 N–H and O–H groups in total. The van der Waals surface area contributed by atoms with Gasteiger partial charge in [-0.1, -0.05) is 6.07 Å². The zero-order valence-electron chi connectivity index (χ0n) is 16.1. The predicted molar refractivity (Wildman–Crippen MR) is 110 cm³/mol. The fourth-order valence-corrected chi connectivity index (χ4v) is 3.10. The van der Waals surface area contributed by atoms with E-state index in [0.717, 1.165) is 16.6 Å². The molecule has 0 aliphatic heterocycles. The van der Waals surface area contributed by atoms with Gasteiger partial charge in [0.05, 0.1) is 29.4 Å². The fourth-order valence-electron chi connectivity index (χ4n) is 3.10. The van der Waals surface area contributed by atoms with Gasteiger partial charge in [0.25, 0.3) is 5.91 Å². The lowest BCUT2D eigenvalue weighted by molar-refractivity contribution is 0.0938. The van der Waals surface area contributed by atoms with Gasteiger partial charge in [0.2, 0.25) is 0 Å². The van der Waals surface area contributed by atoms with Crippen LogP contribution in [0.25, 0.3) is 33.5 Å². The van der Waals surface area contributed by atoms with Crippen LogP contribution in [0.1, 0.15) is 10.4 Å². The third-order valence-corrected chi connectivity index (χ3v) is 4.56. The van der Waals surface area contributed by atoms with Crippen LogP contribution >= 0.6 is 0 Å². The average molecular weight is 391 g/mol. The van der Waals surface area contributed by atoms with Gasteiger partial charge in [-0.3, -0.25) is 9.48 Å². The lowest BCUT2D eigenvalue weighted by Gasteiger charge is -2.05. The maximum Gasteiger partial charge on any atom is 0.253 e. The first kappa shape index (κ1) is 18.6. The largest absolute Gasteiger partial charge is 0.383 e. The number of amides is 1. The molecule has 0 bridgehead atoms. The Morgan fingerprint density at radius 3 is 2.93 bits per heavy atom. The lowest BCUT2D eigenvalue weighted by Crippen LogP contribution is -2.27. The molecule has 9 heteroatoms. The van der Waals surface area contributed by atoms with Gasteiger partial charge in [0.1, 0.15) is 17.2 Å². The topological polar surface area (TPSA) is 124 Å². The molecule has 0 unspecified atom stereocenters. The van der Waals surface area contributed by atoms with Crippen molar-refractivity contribution in [1.82, 2.24) is 30.0 Å². The van der Waals surface area contributed by atoms with Crippen molar-refractivity contribution < 1.29 is 9.53 Å². The number of carbonyl (C=O) groups is 1. The van der Waals surface area contributed by atoms with Crippen molar-refractivity contribution in [3.05, 3.63) is 48.4 Å². The van der Waals surface area contributed by atoms with Crippen LogP contribution in [0.15, 0.2) is 42.9 Å². The van der Waals surface area contributed by atoms with Crippen molar-refractivity contribution >= 4 is 22.8 Å². The van der Waals surface area contributed by atoms with E-state index in [1.807, 2.05) is 31.4 Å². The van der Waals surface area contributed by atoms with Crippen LogP contribution in [0.4, 0.5) is 5.82 Å². The number of anilines is 1. The van der Waals surface area contributed by atoms with Gasteiger partial charge in [0.15, 0.2) is 0 Å². The predicted octanol–water partition coefficient (Wildman–Crippen LogP) is 1.98. The molecule has 0 saturated heterocycles. The van der Waals surface area contributed by atoms with Crippen molar-refractivity contribution in [3.8, 4) is 22.5 Å². The molecule has 1 amide bonds. The number of H-pyrrole nitrogens is 1. The van der Waals surface area contributed by atoms with Gasteiger partial charge in [-0.15, -0.1) is 0 Å². The molecule has 29 heavy (non-hydrogen) atoms. The molecule has 4 aromatic rings. The van der Waals surface area contributed by atoms with Gasteiger partial charge in [-0.2, -0.15) is 5.10 Å². The number of aromatic nitrogens is 5. The molecule has 0 aliphatic rings. The number of para-hydroxylation sites is 1. The van der Waals surface area contributed by atoms with Crippen molar-refractivity contribution in [3.63, 3.8) is 0 Å². The molecular weight excluding hydrogens is 370 g/mol. The Balaban J connectivity index is 1.73. The number of ether oxygens (including phenoxy) is 1. The molecule has 0 aliphatic carbocycles. The molecule has 4 rings (SSSR count). The number of benzene rings is 1. The summed E-state index contributed by atoms with van der Waals surface area (Å²) in [5.41, 5.74) is 10.4. The molecule has 0 radical (unpaired) electrons. The number of rotatable bonds is 6. The van der Waals surface area contributed by atoms with Gasteiger partial charge < -0.3 is 20.8 Å². The third-order valence-electron chi connectivity index (χ3n) is 4.56. The Hall–Kier alpha value is -3.72. The third kappa shape index (κ3) is 3.67. The minimum atomic E-state index is -0.207. The van der Waals surface area contributed by atoms with E-state index in [4.69, 9.17) is 10.5 Å². The number of fused-ring (bicyclic) bond motifs is 1. The summed E-state index contributed by atoms with van der Waals surface area (Å²) in [5.74, 6) is 0.691. The second kappa shape index (κ2) is 7.72. The number of nitrogens with two attached hydrogens (primary N) is 1. The number of imidazole rings is 1. The molecule has 148 valence electrons. The smallest absolute Gasteiger partial charge is 0.253 e. The van der Waals surface area contributed by atoms with Crippen LogP contribution in [0.3, 0.4) is 0 Å². The van der Waals surface area contributed by atoms with E-state index < -0.39 is 0 Å². The Kier molecular flexibility index (Phi) is 4.96. The molecule has 3 heterocycles. The SMILES string of the molecule is COCCNC(=O)c1cccc2[nH]c(-c3cc(-c4cnn(C)c4)cnc3N)nc12. The number of nitrogen functional groups attached to an aromatic ring is 1. The summed E-state index contributed by atoms with van der Waals surface area (Å²) in [6.45, 7) is 0.865. The second-order valence-electron chi connectivity index (χ2n) is 6.60. The maximum atomic E-state index is 12.5. The molecule has 0 fully saturated rings. The minimum absolute atomic E-state index is 0.207. The lowest BCUT2D eigenvalue weighted by atomic mass is 10.1. The summed E-state index contributed by atoms with van der Waals surface area (Å²) >= 11 is 0. The van der Waals surface area contributed by atoms with E-state index >= 15 is 0 Å². The zero-order valence-corrected chi connectivity index (χ0v) is 16.1. The highest BCUT2D eigenvalue weighted by atomic mass is 16.5. The van der Waals surface area contributed by atoms with Crippen molar-refractivity contribution in [2.24, 2.45) is 7.05 Å². The number of hydrogen-bond acceptors (Lipinski definition) is 6. The van der Waals surface area contributed by atoms with E-state index in [2.05, 4.69) is 25.4 Å². The van der Waals surface area contributed by atoms with E-state index in [0.29, 0.717) is 41.4 Å². The highest BCUT2D eigenvalue weighted by Crippen LogP contribution is 2.29. The number of aromatic amines is 1. The van der Waals surface area contributed by atoms with Crippen molar-refractivity contribution in [2.75, 3.05) is 26.0 Å². The van der Waals surface area contributed by atoms with E-state index in [-0.39, 0.29) is 5.91 Å². The summed E-state index contributed by atoms with van der Waals surface area (Å²) in [6, 6.07) is 7.33. The van der Waals surface area contributed by atoms with Crippen LogP contribution in [-0.2, 0) is 11.8 Å². The minimum Gasteiger partial charge on any atom is -0.383 e. The van der Waals surface area contributed by atoms with Crippen LogP contribution in [0.2, 0.25) is 0 Å². The van der Waals surface area contributed by atoms with Crippen molar-refractivity contribution in [1.29, 1.82) is 0 Å². The van der Waals surface area contributed by atoms with Crippen LogP contribution in [0, 0.1) is 0 Å². The first-order valence-corrected chi connectivity index (χ1v) is 9.07. The number of methoxy groups -OCH3 is 1. The van der Waals surface area contributed by atoms with Gasteiger partial charge >= 0.3 is 0 Å². The Morgan fingerprint density at radius 1 is 1.31 bits per heavy atom. The van der Waals surface area contributed by atoms with E-state index in [9.17, 15) is 4.79 Å². The van der Waals surface area contributed by atoms with Gasteiger partial charge in [0, 0.05) is 44.2 Å². The van der Waals surface area contributed by atoms with E-state index in [1.165, 1.54) is 0 Å². The first-order valence-electron chi connectivity index (χ1n) is 9.07. The number of nitrogens with one attached hydrogen (secondary N) is 2. The first-order chi connectivity index (χ1) is 14.1. The summed E-state index contributed by atoms with van der Waals surface area (Å²) in [4.78, 5) is 24.7. The Bertz CT molecular complexity index is 1180. The number of hydrogen-bond donors (Lipinski definition) is 3. The summed E-state index contributed by atoms with van der Waals surface area (Å²) in [6.07, 6.45) is 5.36. The average Bonchev–Trinajstić information content (AvgIpc) is 3.34. The van der Waals surface area contributed by atoms with Gasteiger partial charge in [-0.25, -0.2) is 9.97 Å².